The molecule has 3 aliphatic rings. The van der Waals surface area contributed by atoms with E-state index >= 15 is 4.39 Å². The Hall–Kier alpha value is -2.48. The van der Waals surface area contributed by atoms with Gasteiger partial charge >= 0.3 is 18.3 Å². The van der Waals surface area contributed by atoms with Crippen LogP contribution in [0.15, 0.2) is 10.5 Å². The molecule has 41 heavy (non-hydrogen) atoms. The molecule has 4 heterocycles. The third-order valence-corrected chi connectivity index (χ3v) is 8.84. The van der Waals surface area contributed by atoms with Crippen LogP contribution in [-0.4, -0.2) is 89.0 Å². The average Bonchev–Trinajstić information content (AvgIpc) is 3.57. The Morgan fingerprint density at radius 3 is 2.63 bits per heavy atom. The molecule has 0 aliphatic carbocycles. The zero-order chi connectivity index (χ0) is 29.9. The highest BCUT2D eigenvalue weighted by atomic mass is 79.9. The highest BCUT2D eigenvalue weighted by Crippen LogP contribution is 2.43. The number of nitrogens with zero attached hydrogens (tertiary/aromatic N) is 5. The van der Waals surface area contributed by atoms with Gasteiger partial charge in [-0.3, -0.25) is 4.90 Å². The third kappa shape index (κ3) is 5.91. The van der Waals surface area contributed by atoms with Crippen LogP contribution < -0.4 is 9.64 Å². The van der Waals surface area contributed by atoms with Crippen molar-refractivity contribution in [2.24, 2.45) is 0 Å². The van der Waals surface area contributed by atoms with Crippen molar-refractivity contribution in [3.63, 3.8) is 0 Å². The molecule has 1 aromatic carbocycles. The van der Waals surface area contributed by atoms with Crippen LogP contribution in [0.1, 0.15) is 52.0 Å². The molecular formula is C27H33BrF5N5O3. The highest BCUT2D eigenvalue weighted by molar-refractivity contribution is 9.10. The highest BCUT2D eigenvalue weighted by Gasteiger charge is 2.49. The fourth-order valence-corrected chi connectivity index (χ4v) is 6.61. The molecule has 0 N–H and O–H groups in total. The van der Waals surface area contributed by atoms with Gasteiger partial charge in [0.25, 0.3) is 0 Å². The zero-order valence-electron chi connectivity index (χ0n) is 23.3. The van der Waals surface area contributed by atoms with Crippen LogP contribution in [0, 0.1) is 5.82 Å². The van der Waals surface area contributed by atoms with E-state index in [-0.39, 0.29) is 41.9 Å². The van der Waals surface area contributed by atoms with Crippen LogP contribution in [0.2, 0.25) is 0 Å². The summed E-state index contributed by atoms with van der Waals surface area (Å²) in [4.78, 5) is 26.4. The van der Waals surface area contributed by atoms with E-state index < -0.39 is 45.4 Å². The lowest BCUT2D eigenvalue weighted by molar-refractivity contribution is -0.138. The van der Waals surface area contributed by atoms with Gasteiger partial charge in [0.05, 0.1) is 15.6 Å². The Labute approximate surface area is 243 Å². The van der Waals surface area contributed by atoms with Crippen molar-refractivity contribution in [1.82, 2.24) is 19.8 Å². The minimum atomic E-state index is -4.84. The van der Waals surface area contributed by atoms with Crippen molar-refractivity contribution < 1.29 is 36.2 Å². The van der Waals surface area contributed by atoms with Crippen LogP contribution in [0.4, 0.5) is 32.6 Å². The summed E-state index contributed by atoms with van der Waals surface area (Å²) in [6.45, 7) is 7.00. The van der Waals surface area contributed by atoms with Crippen LogP contribution in [-0.2, 0) is 10.9 Å². The Morgan fingerprint density at radius 1 is 1.22 bits per heavy atom. The van der Waals surface area contributed by atoms with Gasteiger partial charge in [-0.2, -0.15) is 23.1 Å². The van der Waals surface area contributed by atoms with Gasteiger partial charge in [-0.15, -0.1) is 0 Å². The molecule has 226 valence electrons. The van der Waals surface area contributed by atoms with Crippen LogP contribution in [0.5, 0.6) is 6.01 Å². The first kappa shape index (κ1) is 30.0. The molecule has 0 spiro atoms. The Morgan fingerprint density at radius 2 is 1.95 bits per heavy atom. The summed E-state index contributed by atoms with van der Waals surface area (Å²) in [5.74, 6) is -1.16. The van der Waals surface area contributed by atoms with Gasteiger partial charge in [-0.1, -0.05) is 0 Å². The lowest BCUT2D eigenvalue weighted by atomic mass is 9.95. The molecule has 2 aromatic rings. The number of alkyl halides is 4. The Balaban J connectivity index is 1.50. The first-order chi connectivity index (χ1) is 19.1. The number of likely N-dealkylation sites (N-methyl/N-ethyl adjacent to an activating group) is 1. The van der Waals surface area contributed by atoms with Gasteiger partial charge in [-0.25, -0.2) is 13.6 Å². The number of benzene rings is 1. The monoisotopic (exact) mass is 649 g/mol. The second-order valence-corrected chi connectivity index (χ2v) is 12.9. The lowest BCUT2D eigenvalue weighted by Gasteiger charge is -2.31. The van der Waals surface area contributed by atoms with Gasteiger partial charge in [0, 0.05) is 44.5 Å². The number of halogens is 6. The van der Waals surface area contributed by atoms with Gasteiger partial charge in [0.15, 0.2) is 5.82 Å². The van der Waals surface area contributed by atoms with Crippen LogP contribution in [0.3, 0.4) is 0 Å². The number of carbonyl (C=O) groups excluding carboxylic acids is 1. The van der Waals surface area contributed by atoms with E-state index in [1.54, 1.807) is 32.7 Å². The number of hydrogen-bond donors (Lipinski definition) is 0. The van der Waals surface area contributed by atoms with Gasteiger partial charge in [-0.05, 0) is 68.6 Å². The number of anilines is 1. The number of hydrogen-bond acceptors (Lipinski definition) is 7. The summed E-state index contributed by atoms with van der Waals surface area (Å²) < 4.78 is 81.9. The molecule has 1 aromatic heterocycles. The van der Waals surface area contributed by atoms with Crippen LogP contribution >= 0.6 is 15.9 Å². The molecular weight excluding hydrogens is 617 g/mol. The number of ether oxygens (including phenoxy) is 2. The van der Waals surface area contributed by atoms with Crippen LogP contribution in [0.25, 0.3) is 10.9 Å². The Bertz CT molecular complexity index is 1340. The first-order valence-corrected chi connectivity index (χ1v) is 14.4. The summed E-state index contributed by atoms with van der Waals surface area (Å²) >= 11 is 2.76. The van der Waals surface area contributed by atoms with Gasteiger partial charge in [0.2, 0.25) is 0 Å². The van der Waals surface area contributed by atoms with E-state index in [4.69, 9.17) is 9.47 Å². The molecule has 3 saturated heterocycles. The van der Waals surface area contributed by atoms with Crippen molar-refractivity contribution >= 4 is 38.7 Å². The van der Waals surface area contributed by atoms with E-state index in [1.165, 1.54) is 4.90 Å². The predicted octanol–water partition coefficient (Wildman–Crippen LogP) is 5.95. The standard InChI is InChI=1S/C27H33BrF5N5O3/c1-25(2,3)41-24(39)37-9-6-16(13-37)36(4)22-17-10-18(27(31,32)33)19(28)20(30)21(17)34-23(35-22)40-14-26-7-5-8-38(26)12-15(29)11-26/h10,15-16H,5-9,11-14H2,1-4H3/t15-,16-,26+/m1/s1. The van der Waals surface area contributed by atoms with E-state index in [0.29, 0.717) is 25.9 Å². The second-order valence-electron chi connectivity index (χ2n) is 12.1. The molecule has 3 fully saturated rings. The minimum Gasteiger partial charge on any atom is -0.461 e. The van der Waals surface area contributed by atoms with Gasteiger partial charge in [0.1, 0.15) is 29.7 Å². The lowest BCUT2D eigenvalue weighted by Crippen LogP contribution is -2.43. The summed E-state index contributed by atoms with van der Waals surface area (Å²) in [6.07, 6.45) is -3.92. The molecule has 0 unspecified atom stereocenters. The molecule has 8 nitrogen and oxygen atoms in total. The summed E-state index contributed by atoms with van der Waals surface area (Å²) in [7, 11) is 1.63. The first-order valence-electron chi connectivity index (χ1n) is 13.6. The number of rotatable bonds is 5. The molecule has 5 rings (SSSR count). The van der Waals surface area contributed by atoms with Crippen molar-refractivity contribution in [3.8, 4) is 6.01 Å². The largest absolute Gasteiger partial charge is 0.461 e. The van der Waals surface area contributed by atoms with Gasteiger partial charge < -0.3 is 19.3 Å². The fraction of sp³-hybridized carbons (Fsp3) is 0.667. The maximum atomic E-state index is 15.5. The molecule has 3 atom stereocenters. The molecule has 0 radical (unpaired) electrons. The maximum absolute atomic E-state index is 15.5. The number of carbonyl (C=O) groups is 1. The number of aromatic nitrogens is 2. The topological polar surface area (TPSA) is 71.0 Å². The maximum Gasteiger partial charge on any atom is 0.417 e. The van der Waals surface area contributed by atoms with Crippen molar-refractivity contribution in [1.29, 1.82) is 0 Å². The van der Waals surface area contributed by atoms with Crippen molar-refractivity contribution in [2.75, 3.05) is 44.7 Å². The SMILES string of the molecule is CN(c1nc(OC[C@@]23CCCN2C[C@H](F)C3)nc2c(F)c(Br)c(C(F)(F)F)cc12)[C@@H]1CCN(C(=O)OC(C)(C)C)C1. The summed E-state index contributed by atoms with van der Waals surface area (Å²) in [5, 5.41) is -0.145. The number of fused-ring (bicyclic) bond motifs is 2. The zero-order valence-corrected chi connectivity index (χ0v) is 24.9. The molecule has 3 aliphatic heterocycles. The number of amides is 1. The van der Waals surface area contributed by atoms with E-state index in [9.17, 15) is 22.4 Å². The molecule has 1 amide bonds. The normalized spacial score (nSPS) is 25.2. The molecule has 0 bridgehead atoms. The van der Waals surface area contributed by atoms with E-state index in [0.717, 1.165) is 25.5 Å². The molecule has 0 saturated carbocycles. The van der Waals surface area contributed by atoms with E-state index in [1.807, 2.05) is 4.90 Å². The number of likely N-dealkylation sites (tertiary alicyclic amines) is 1. The predicted molar refractivity (Wildman–Crippen MR) is 145 cm³/mol. The average molecular weight is 650 g/mol. The fourth-order valence-electron chi connectivity index (χ4n) is 6.08. The minimum absolute atomic E-state index is 0.0357. The second kappa shape index (κ2) is 10.7. The summed E-state index contributed by atoms with van der Waals surface area (Å²) in [5.41, 5.74) is -2.75. The van der Waals surface area contributed by atoms with Crippen molar-refractivity contribution in [2.45, 2.75) is 76.0 Å². The quantitative estimate of drug-likeness (QED) is 0.371. The van der Waals surface area contributed by atoms with E-state index in [2.05, 4.69) is 25.9 Å². The summed E-state index contributed by atoms with van der Waals surface area (Å²) in [6, 6.07) is 0.261. The van der Waals surface area contributed by atoms with Crippen molar-refractivity contribution in [3.05, 3.63) is 21.9 Å². The molecule has 14 heteroatoms. The Kier molecular flexibility index (Phi) is 7.80. The smallest absolute Gasteiger partial charge is 0.417 e. The third-order valence-electron chi connectivity index (χ3n) is 8.06.